The molecule has 3 aromatic rings. The average molecular weight is 407 g/mol. The lowest BCUT2D eigenvalue weighted by Gasteiger charge is -2.12. The third-order valence-electron chi connectivity index (χ3n) is 4.51. The lowest BCUT2D eigenvalue weighted by atomic mass is 10.1. The molecular formula is C22H25N5O3. The molecule has 2 amide bonds. The van der Waals surface area contributed by atoms with Crippen molar-refractivity contribution in [3.05, 3.63) is 71.7 Å². The van der Waals surface area contributed by atoms with E-state index in [1.807, 2.05) is 32.0 Å². The smallest absolute Gasteiger partial charge is 0.254 e. The van der Waals surface area contributed by atoms with Gasteiger partial charge in [0.15, 0.2) is 5.82 Å². The molecule has 0 saturated heterocycles. The van der Waals surface area contributed by atoms with Crippen molar-refractivity contribution in [2.45, 2.75) is 19.8 Å². The van der Waals surface area contributed by atoms with E-state index in [1.165, 1.54) is 0 Å². The van der Waals surface area contributed by atoms with Gasteiger partial charge in [-0.05, 0) is 42.3 Å². The van der Waals surface area contributed by atoms with Crippen LogP contribution in [0.5, 0.6) is 5.75 Å². The van der Waals surface area contributed by atoms with Crippen LogP contribution in [0.3, 0.4) is 0 Å². The van der Waals surface area contributed by atoms with Gasteiger partial charge in [0.2, 0.25) is 0 Å². The fraction of sp³-hybridized carbons (Fsp3) is 0.273. The molecule has 0 spiro atoms. The van der Waals surface area contributed by atoms with Crippen LogP contribution in [0.1, 0.15) is 46.2 Å². The first-order valence-corrected chi connectivity index (χ1v) is 9.71. The fourth-order valence-corrected chi connectivity index (χ4v) is 3.04. The van der Waals surface area contributed by atoms with Crippen molar-refractivity contribution in [2.24, 2.45) is 0 Å². The Morgan fingerprint density at radius 1 is 1.03 bits per heavy atom. The molecular weight excluding hydrogens is 382 g/mol. The molecule has 2 aromatic heterocycles. The van der Waals surface area contributed by atoms with Gasteiger partial charge < -0.3 is 15.4 Å². The van der Waals surface area contributed by atoms with Crippen LogP contribution in [0.25, 0.3) is 5.82 Å². The number of aromatic nitrogens is 3. The minimum Gasteiger partial charge on any atom is -0.497 e. The van der Waals surface area contributed by atoms with Crippen molar-refractivity contribution in [1.82, 2.24) is 25.4 Å². The number of nitrogens with zero attached hydrogens (tertiary/aromatic N) is 3. The van der Waals surface area contributed by atoms with E-state index in [-0.39, 0.29) is 17.7 Å². The van der Waals surface area contributed by atoms with Gasteiger partial charge in [-0.25, -0.2) is 9.67 Å². The molecule has 0 saturated carbocycles. The topological polar surface area (TPSA) is 98.1 Å². The Labute approximate surface area is 175 Å². The van der Waals surface area contributed by atoms with Crippen LogP contribution in [0.15, 0.2) is 54.9 Å². The molecule has 8 nitrogen and oxygen atoms in total. The maximum Gasteiger partial charge on any atom is 0.254 e. The quantitative estimate of drug-likeness (QED) is 0.559. The maximum atomic E-state index is 12.7. The van der Waals surface area contributed by atoms with Crippen molar-refractivity contribution < 1.29 is 14.3 Å². The van der Waals surface area contributed by atoms with Crippen LogP contribution in [0.2, 0.25) is 0 Å². The van der Waals surface area contributed by atoms with E-state index in [9.17, 15) is 9.59 Å². The Morgan fingerprint density at radius 3 is 2.33 bits per heavy atom. The third kappa shape index (κ3) is 4.83. The van der Waals surface area contributed by atoms with Crippen molar-refractivity contribution in [3.8, 4) is 11.6 Å². The highest BCUT2D eigenvalue weighted by Gasteiger charge is 2.21. The Balaban J connectivity index is 1.58. The van der Waals surface area contributed by atoms with E-state index in [2.05, 4.69) is 20.7 Å². The molecule has 0 unspecified atom stereocenters. The highest BCUT2D eigenvalue weighted by Crippen LogP contribution is 2.22. The van der Waals surface area contributed by atoms with E-state index in [4.69, 9.17) is 4.74 Å². The Hall–Kier alpha value is -3.68. The summed E-state index contributed by atoms with van der Waals surface area (Å²) in [4.78, 5) is 29.2. The lowest BCUT2D eigenvalue weighted by Crippen LogP contribution is -2.35. The van der Waals surface area contributed by atoms with E-state index >= 15 is 0 Å². The van der Waals surface area contributed by atoms with Gasteiger partial charge in [0.1, 0.15) is 5.75 Å². The summed E-state index contributed by atoms with van der Waals surface area (Å²) in [5.41, 5.74) is 1.81. The first-order valence-electron chi connectivity index (χ1n) is 9.71. The van der Waals surface area contributed by atoms with E-state index in [0.717, 1.165) is 5.69 Å². The Bertz CT molecular complexity index is 997. The molecule has 2 heterocycles. The molecule has 2 N–H and O–H groups in total. The van der Waals surface area contributed by atoms with Gasteiger partial charge in [0.25, 0.3) is 11.8 Å². The molecule has 0 aliphatic heterocycles. The Morgan fingerprint density at radius 2 is 1.73 bits per heavy atom. The van der Waals surface area contributed by atoms with E-state index in [1.54, 1.807) is 48.5 Å². The molecule has 156 valence electrons. The highest BCUT2D eigenvalue weighted by molar-refractivity contribution is 5.96. The van der Waals surface area contributed by atoms with Gasteiger partial charge in [-0.2, -0.15) is 5.10 Å². The van der Waals surface area contributed by atoms with Gasteiger partial charge in [0, 0.05) is 24.8 Å². The van der Waals surface area contributed by atoms with Crippen LogP contribution >= 0.6 is 0 Å². The molecule has 30 heavy (non-hydrogen) atoms. The van der Waals surface area contributed by atoms with Crippen LogP contribution in [-0.2, 0) is 0 Å². The average Bonchev–Trinajstić information content (AvgIpc) is 3.23. The molecule has 3 rings (SSSR count). The number of benzene rings is 1. The zero-order chi connectivity index (χ0) is 21.5. The summed E-state index contributed by atoms with van der Waals surface area (Å²) in [6, 6.07) is 12.4. The molecule has 1 aromatic carbocycles. The number of pyridine rings is 1. The van der Waals surface area contributed by atoms with Crippen molar-refractivity contribution in [3.63, 3.8) is 0 Å². The fourth-order valence-electron chi connectivity index (χ4n) is 3.04. The first-order chi connectivity index (χ1) is 14.5. The largest absolute Gasteiger partial charge is 0.497 e. The van der Waals surface area contributed by atoms with Crippen molar-refractivity contribution in [1.29, 1.82) is 0 Å². The number of nitrogens with one attached hydrogen (secondary N) is 2. The zero-order valence-corrected chi connectivity index (χ0v) is 17.3. The molecule has 0 atom stereocenters. The summed E-state index contributed by atoms with van der Waals surface area (Å²) in [6.45, 7) is 4.61. The van der Waals surface area contributed by atoms with E-state index in [0.29, 0.717) is 35.8 Å². The second-order valence-corrected chi connectivity index (χ2v) is 6.94. The number of ether oxygens (including phenoxy) is 1. The summed E-state index contributed by atoms with van der Waals surface area (Å²) >= 11 is 0. The molecule has 0 bridgehead atoms. The number of amides is 2. The first kappa shape index (κ1) is 21.0. The maximum absolute atomic E-state index is 12.7. The van der Waals surface area contributed by atoms with Crippen molar-refractivity contribution >= 4 is 11.8 Å². The summed E-state index contributed by atoms with van der Waals surface area (Å²) < 4.78 is 6.77. The molecule has 0 aliphatic rings. The Kier molecular flexibility index (Phi) is 6.79. The number of hydrogen-bond acceptors (Lipinski definition) is 5. The normalized spacial score (nSPS) is 10.7. The van der Waals surface area contributed by atoms with Crippen molar-refractivity contribution in [2.75, 3.05) is 20.2 Å². The minimum atomic E-state index is -0.237. The van der Waals surface area contributed by atoms with Gasteiger partial charge in [0.05, 0.1) is 24.6 Å². The predicted octanol–water partition coefficient (Wildman–Crippen LogP) is 2.56. The van der Waals surface area contributed by atoms with Crippen LogP contribution in [0, 0.1) is 0 Å². The molecule has 0 fully saturated rings. The molecule has 0 radical (unpaired) electrons. The van der Waals surface area contributed by atoms with Crippen LogP contribution < -0.4 is 15.4 Å². The second-order valence-electron chi connectivity index (χ2n) is 6.94. The minimum absolute atomic E-state index is 0.0741. The summed E-state index contributed by atoms with van der Waals surface area (Å²) in [5.74, 6) is 0.973. The predicted molar refractivity (Wildman–Crippen MR) is 113 cm³/mol. The number of methoxy groups -OCH3 is 1. The zero-order valence-electron chi connectivity index (χ0n) is 17.3. The lowest BCUT2D eigenvalue weighted by molar-refractivity contribution is 0.0927. The van der Waals surface area contributed by atoms with Gasteiger partial charge in [-0.3, -0.25) is 9.59 Å². The SMILES string of the molecule is COc1ccc(C(=O)NCCNC(=O)c2cnn(-c3ccccn3)c2C(C)C)cc1. The van der Waals surface area contributed by atoms with Gasteiger partial charge in [-0.15, -0.1) is 0 Å². The second kappa shape index (κ2) is 9.69. The summed E-state index contributed by atoms with van der Waals surface area (Å²) in [7, 11) is 1.57. The van der Waals surface area contributed by atoms with Gasteiger partial charge in [-0.1, -0.05) is 19.9 Å². The number of rotatable bonds is 8. The monoisotopic (exact) mass is 407 g/mol. The van der Waals surface area contributed by atoms with Crippen LogP contribution in [-0.4, -0.2) is 46.8 Å². The van der Waals surface area contributed by atoms with Crippen LogP contribution in [0.4, 0.5) is 0 Å². The third-order valence-corrected chi connectivity index (χ3v) is 4.51. The standard InChI is InChI=1S/C22H25N5O3/c1-15(2)20-18(14-26-27(20)19-6-4-5-11-23-19)22(29)25-13-12-24-21(28)16-7-9-17(30-3)10-8-16/h4-11,14-15H,12-13H2,1-3H3,(H,24,28)(H,25,29). The molecule has 0 aliphatic carbocycles. The summed E-state index contributed by atoms with van der Waals surface area (Å²) in [5, 5.41) is 9.98. The molecule has 8 heteroatoms. The highest BCUT2D eigenvalue weighted by atomic mass is 16.5. The number of carbonyl (C=O) groups excluding carboxylic acids is 2. The summed E-state index contributed by atoms with van der Waals surface area (Å²) in [6.07, 6.45) is 3.24. The number of carbonyl (C=O) groups is 2. The van der Waals surface area contributed by atoms with E-state index < -0.39 is 0 Å². The number of hydrogen-bond donors (Lipinski definition) is 2. The van der Waals surface area contributed by atoms with Gasteiger partial charge >= 0.3 is 0 Å².